The van der Waals surface area contributed by atoms with Crippen molar-refractivity contribution in [1.29, 1.82) is 0 Å². The number of rotatable bonds is 3. The molecule has 2 aliphatic carbocycles. The molecule has 2 N–H and O–H groups in total. The fourth-order valence-corrected chi connectivity index (χ4v) is 3.11. The van der Waals surface area contributed by atoms with Crippen molar-refractivity contribution in [3.05, 3.63) is 35.0 Å². The van der Waals surface area contributed by atoms with Gasteiger partial charge in [-0.2, -0.15) is 0 Å². The van der Waals surface area contributed by atoms with Crippen LogP contribution in [0.25, 0.3) is 10.9 Å². The highest BCUT2D eigenvalue weighted by molar-refractivity contribution is 5.85. The van der Waals surface area contributed by atoms with Gasteiger partial charge in [0.1, 0.15) is 0 Å². The molecular formula is C16H20N2. The smallest absolute Gasteiger partial charge is 0.0459 e. The third kappa shape index (κ3) is 1.85. The molecule has 2 heteroatoms. The van der Waals surface area contributed by atoms with Crippen molar-refractivity contribution >= 4 is 10.9 Å². The largest absolute Gasteiger partial charge is 0.358 e. The fraction of sp³-hybridized carbons (Fsp3) is 0.500. The summed E-state index contributed by atoms with van der Waals surface area (Å²) in [4.78, 5) is 3.60. The Bertz CT molecular complexity index is 578. The quantitative estimate of drug-likeness (QED) is 0.846. The van der Waals surface area contributed by atoms with Gasteiger partial charge in [-0.1, -0.05) is 6.07 Å². The number of fused-ring (bicyclic) bond motifs is 3. The topological polar surface area (TPSA) is 27.8 Å². The normalized spacial score (nSPS) is 19.1. The molecular weight excluding hydrogens is 220 g/mol. The highest BCUT2D eigenvalue weighted by Crippen LogP contribution is 2.30. The first-order valence-corrected chi connectivity index (χ1v) is 7.26. The first-order chi connectivity index (χ1) is 8.90. The zero-order chi connectivity index (χ0) is 11.9. The zero-order valence-corrected chi connectivity index (χ0v) is 10.8. The van der Waals surface area contributed by atoms with Crippen LogP contribution in [0.5, 0.6) is 0 Å². The van der Waals surface area contributed by atoms with Crippen LogP contribution < -0.4 is 5.32 Å². The van der Waals surface area contributed by atoms with E-state index in [1.165, 1.54) is 60.7 Å². The van der Waals surface area contributed by atoms with E-state index in [1.54, 1.807) is 5.56 Å². The van der Waals surface area contributed by atoms with E-state index < -0.39 is 0 Å². The van der Waals surface area contributed by atoms with Crippen LogP contribution in [-0.2, 0) is 19.4 Å². The van der Waals surface area contributed by atoms with Gasteiger partial charge in [-0.15, -0.1) is 0 Å². The molecule has 0 saturated heterocycles. The molecule has 0 amide bonds. The molecule has 1 saturated carbocycles. The van der Waals surface area contributed by atoms with Crippen molar-refractivity contribution in [3.63, 3.8) is 0 Å². The number of hydrogen-bond donors (Lipinski definition) is 2. The van der Waals surface area contributed by atoms with Crippen LogP contribution in [-0.4, -0.2) is 11.0 Å². The van der Waals surface area contributed by atoms with E-state index in [2.05, 4.69) is 28.5 Å². The maximum atomic E-state index is 3.60. The Balaban J connectivity index is 1.69. The van der Waals surface area contributed by atoms with Crippen molar-refractivity contribution in [2.24, 2.45) is 0 Å². The minimum atomic E-state index is 0.792. The summed E-state index contributed by atoms with van der Waals surface area (Å²) >= 11 is 0. The van der Waals surface area contributed by atoms with Crippen LogP contribution in [0.3, 0.4) is 0 Å². The van der Waals surface area contributed by atoms with Gasteiger partial charge in [0.05, 0.1) is 0 Å². The number of benzene rings is 1. The number of aromatic amines is 1. The van der Waals surface area contributed by atoms with Gasteiger partial charge in [-0.25, -0.2) is 0 Å². The van der Waals surface area contributed by atoms with Crippen LogP contribution in [0.1, 0.15) is 42.5 Å². The maximum absolute atomic E-state index is 3.60. The molecule has 2 aromatic rings. The van der Waals surface area contributed by atoms with Crippen LogP contribution in [0.4, 0.5) is 0 Å². The molecule has 1 fully saturated rings. The summed E-state index contributed by atoms with van der Waals surface area (Å²) < 4.78 is 0. The monoisotopic (exact) mass is 240 g/mol. The second-order valence-electron chi connectivity index (χ2n) is 5.82. The van der Waals surface area contributed by atoms with E-state index in [0.29, 0.717) is 0 Å². The average Bonchev–Trinajstić information content (AvgIpc) is 3.16. The lowest BCUT2D eigenvalue weighted by molar-refractivity contribution is 0.679. The number of aromatic nitrogens is 1. The van der Waals surface area contributed by atoms with E-state index in [1.807, 2.05) is 0 Å². The van der Waals surface area contributed by atoms with Gasteiger partial charge >= 0.3 is 0 Å². The van der Waals surface area contributed by atoms with Gasteiger partial charge in [0.25, 0.3) is 0 Å². The van der Waals surface area contributed by atoms with E-state index in [9.17, 15) is 0 Å². The van der Waals surface area contributed by atoms with Crippen LogP contribution in [0.2, 0.25) is 0 Å². The third-order valence-electron chi connectivity index (χ3n) is 4.33. The highest BCUT2D eigenvalue weighted by Gasteiger charge is 2.20. The first kappa shape index (κ1) is 10.6. The Morgan fingerprint density at radius 1 is 1.17 bits per heavy atom. The molecule has 0 spiro atoms. The molecule has 2 nitrogen and oxygen atoms in total. The Labute approximate surface area is 108 Å². The Morgan fingerprint density at radius 2 is 2.06 bits per heavy atom. The molecule has 0 radical (unpaired) electrons. The van der Waals surface area contributed by atoms with E-state index >= 15 is 0 Å². The predicted octanol–water partition coefficient (Wildman–Crippen LogP) is 3.30. The lowest BCUT2D eigenvalue weighted by Crippen LogP contribution is -2.15. The summed E-state index contributed by atoms with van der Waals surface area (Å²) in [6.07, 6.45) is 7.92. The van der Waals surface area contributed by atoms with E-state index in [4.69, 9.17) is 0 Å². The van der Waals surface area contributed by atoms with E-state index in [-0.39, 0.29) is 0 Å². The van der Waals surface area contributed by atoms with Crippen molar-refractivity contribution in [2.75, 3.05) is 0 Å². The predicted molar refractivity (Wildman–Crippen MR) is 74.8 cm³/mol. The summed E-state index contributed by atoms with van der Waals surface area (Å²) in [6, 6.07) is 7.71. The minimum absolute atomic E-state index is 0.792. The van der Waals surface area contributed by atoms with Crippen molar-refractivity contribution in [1.82, 2.24) is 10.3 Å². The number of aryl methyl sites for hydroxylation is 2. The molecule has 1 aromatic carbocycles. The zero-order valence-electron chi connectivity index (χ0n) is 10.8. The maximum Gasteiger partial charge on any atom is 0.0459 e. The lowest BCUT2D eigenvalue weighted by Gasteiger charge is -2.10. The number of nitrogens with one attached hydrogen (secondary N) is 2. The summed E-state index contributed by atoms with van der Waals surface area (Å²) in [7, 11) is 0. The molecule has 4 rings (SSSR count). The van der Waals surface area contributed by atoms with Gasteiger partial charge in [0.2, 0.25) is 0 Å². The molecule has 0 unspecified atom stereocenters. The molecule has 1 heterocycles. The lowest BCUT2D eigenvalue weighted by atomic mass is 9.95. The van der Waals surface area contributed by atoms with Gasteiger partial charge in [0, 0.05) is 29.2 Å². The molecule has 18 heavy (non-hydrogen) atoms. The molecule has 0 atom stereocenters. The number of hydrogen-bond acceptors (Lipinski definition) is 1. The van der Waals surface area contributed by atoms with Crippen molar-refractivity contribution in [2.45, 2.75) is 51.1 Å². The summed E-state index contributed by atoms with van der Waals surface area (Å²) in [5.74, 6) is 0. The van der Waals surface area contributed by atoms with Gasteiger partial charge < -0.3 is 10.3 Å². The van der Waals surface area contributed by atoms with Gasteiger partial charge in [-0.05, 0) is 61.8 Å². The summed E-state index contributed by atoms with van der Waals surface area (Å²) in [5, 5.41) is 5.07. The third-order valence-corrected chi connectivity index (χ3v) is 4.33. The minimum Gasteiger partial charge on any atom is -0.358 e. The first-order valence-electron chi connectivity index (χ1n) is 7.26. The average molecular weight is 240 g/mol. The number of H-pyrrole nitrogens is 1. The summed E-state index contributed by atoms with van der Waals surface area (Å²) in [6.45, 7) is 1.03. The van der Waals surface area contributed by atoms with E-state index in [0.717, 1.165) is 12.6 Å². The summed E-state index contributed by atoms with van der Waals surface area (Å²) in [5.41, 5.74) is 5.84. The van der Waals surface area contributed by atoms with Crippen molar-refractivity contribution in [3.8, 4) is 0 Å². The Hall–Kier alpha value is -1.28. The molecule has 2 aliphatic rings. The molecule has 0 bridgehead atoms. The highest BCUT2D eigenvalue weighted by atomic mass is 14.9. The van der Waals surface area contributed by atoms with Crippen molar-refractivity contribution < 1.29 is 0 Å². The van der Waals surface area contributed by atoms with Crippen LogP contribution in [0.15, 0.2) is 18.2 Å². The standard InChI is InChI=1S/C16H20N2/c1-2-4-15-13(3-1)14-9-11(5-8-16(14)18-15)10-17-12-6-7-12/h5,8-9,12,17-18H,1-4,6-7,10H2. The van der Waals surface area contributed by atoms with Gasteiger partial charge in [0.15, 0.2) is 0 Å². The Kier molecular flexibility index (Phi) is 2.44. The molecule has 94 valence electrons. The van der Waals surface area contributed by atoms with Gasteiger partial charge in [-0.3, -0.25) is 0 Å². The SMILES string of the molecule is c1cc2[nH]c3c(c2cc1CNC1CC1)CCCC3. The second kappa shape index (κ2) is 4.13. The van der Waals surface area contributed by atoms with Crippen LogP contribution in [0, 0.1) is 0 Å². The van der Waals surface area contributed by atoms with Crippen LogP contribution >= 0.6 is 0 Å². The molecule has 0 aliphatic heterocycles. The second-order valence-corrected chi connectivity index (χ2v) is 5.82. The molecule has 1 aromatic heterocycles. The fourth-order valence-electron chi connectivity index (χ4n) is 3.11. The Morgan fingerprint density at radius 3 is 2.94 bits per heavy atom.